The number of carbonyl (C=O) groups excluding carboxylic acids is 1. The van der Waals surface area contributed by atoms with Crippen LogP contribution >= 0.6 is 11.6 Å². The van der Waals surface area contributed by atoms with Crippen LogP contribution in [-0.4, -0.2) is 44.8 Å². The average Bonchev–Trinajstić information content (AvgIpc) is 3.43. The zero-order chi connectivity index (χ0) is 25.2. The average molecular weight is 501 g/mol. The lowest BCUT2D eigenvalue weighted by molar-refractivity contribution is 0.0843. The number of aryl methyl sites for hydroxylation is 1. The predicted molar refractivity (Wildman–Crippen MR) is 143 cm³/mol. The zero-order valence-corrected chi connectivity index (χ0v) is 20.7. The van der Waals surface area contributed by atoms with Crippen LogP contribution in [0.1, 0.15) is 46.1 Å². The molecule has 0 radical (unpaired) electrons. The summed E-state index contributed by atoms with van der Waals surface area (Å²) in [6.07, 6.45) is 7.42. The molecule has 1 unspecified atom stereocenters. The Bertz CT molecular complexity index is 1260. The Labute approximate surface area is 216 Å². The summed E-state index contributed by atoms with van der Waals surface area (Å²) in [4.78, 5) is 31.3. The van der Waals surface area contributed by atoms with Gasteiger partial charge in [0.1, 0.15) is 0 Å². The van der Waals surface area contributed by atoms with Crippen molar-refractivity contribution in [3.8, 4) is 0 Å². The number of halogens is 1. The standard InChI is InChI=1S/C28H29ClN6O/c29-23-11-6-10-22(18-23)25(26-13-4-5-15-32-26)14-17-35(27(36)21-8-2-1-3-9-21)28(30)33-16-7-12-24-19-31-20-34-24/h1-6,8-11,13,15,18-20,25H,7,12,14,16-17H2,(H2,30,33)(H,31,34). The van der Waals surface area contributed by atoms with E-state index in [9.17, 15) is 4.79 Å². The summed E-state index contributed by atoms with van der Waals surface area (Å²) in [5, 5.41) is 0.656. The van der Waals surface area contributed by atoms with Gasteiger partial charge < -0.3 is 10.7 Å². The van der Waals surface area contributed by atoms with Gasteiger partial charge in [-0.15, -0.1) is 0 Å². The van der Waals surface area contributed by atoms with Crippen LogP contribution < -0.4 is 5.73 Å². The number of aromatic nitrogens is 3. The van der Waals surface area contributed by atoms with Crippen LogP contribution in [0.3, 0.4) is 0 Å². The number of nitrogens with zero attached hydrogens (tertiary/aromatic N) is 4. The lowest BCUT2D eigenvalue weighted by Gasteiger charge is -2.25. The van der Waals surface area contributed by atoms with Crippen molar-refractivity contribution >= 4 is 23.5 Å². The molecule has 184 valence electrons. The van der Waals surface area contributed by atoms with Crippen molar-refractivity contribution in [2.24, 2.45) is 10.7 Å². The Morgan fingerprint density at radius 1 is 1.08 bits per heavy atom. The van der Waals surface area contributed by atoms with Gasteiger partial charge in [-0.2, -0.15) is 0 Å². The van der Waals surface area contributed by atoms with Crippen LogP contribution in [0.25, 0.3) is 0 Å². The largest absolute Gasteiger partial charge is 0.369 e. The highest BCUT2D eigenvalue weighted by Crippen LogP contribution is 2.29. The van der Waals surface area contributed by atoms with Gasteiger partial charge in [-0.3, -0.25) is 19.7 Å². The van der Waals surface area contributed by atoms with Gasteiger partial charge in [0.05, 0.1) is 6.33 Å². The summed E-state index contributed by atoms with van der Waals surface area (Å²) in [7, 11) is 0. The molecule has 4 rings (SSSR count). The third-order valence-corrected chi connectivity index (χ3v) is 6.15. The molecule has 36 heavy (non-hydrogen) atoms. The molecule has 4 aromatic rings. The van der Waals surface area contributed by atoms with Gasteiger partial charge in [0.25, 0.3) is 5.91 Å². The first-order valence-corrected chi connectivity index (χ1v) is 12.3. The van der Waals surface area contributed by atoms with E-state index < -0.39 is 0 Å². The number of nitrogens with one attached hydrogen (secondary N) is 1. The molecule has 1 amide bonds. The smallest absolute Gasteiger partial charge is 0.260 e. The van der Waals surface area contributed by atoms with Gasteiger partial charge in [-0.05, 0) is 61.2 Å². The van der Waals surface area contributed by atoms with E-state index in [4.69, 9.17) is 17.3 Å². The van der Waals surface area contributed by atoms with Gasteiger partial charge >= 0.3 is 0 Å². The van der Waals surface area contributed by atoms with E-state index in [2.05, 4.69) is 19.9 Å². The predicted octanol–water partition coefficient (Wildman–Crippen LogP) is 5.07. The summed E-state index contributed by atoms with van der Waals surface area (Å²) in [5.41, 5.74) is 9.94. The summed E-state index contributed by atoms with van der Waals surface area (Å²) in [5.74, 6) is -0.0419. The lowest BCUT2D eigenvalue weighted by atomic mass is 9.91. The number of guanidine groups is 1. The minimum atomic E-state index is -0.184. The topological polar surface area (TPSA) is 100 Å². The van der Waals surface area contributed by atoms with Crippen LogP contribution in [0.15, 0.2) is 96.5 Å². The van der Waals surface area contributed by atoms with Gasteiger partial charge in [-0.25, -0.2) is 4.98 Å². The summed E-state index contributed by atoms with van der Waals surface area (Å²) in [6.45, 7) is 0.874. The second-order valence-corrected chi connectivity index (χ2v) is 8.83. The van der Waals surface area contributed by atoms with Gasteiger partial charge in [0.2, 0.25) is 0 Å². The first kappa shape index (κ1) is 25.1. The number of rotatable bonds is 10. The molecule has 2 aromatic carbocycles. The summed E-state index contributed by atoms with van der Waals surface area (Å²) < 4.78 is 0. The number of pyridine rings is 1. The van der Waals surface area contributed by atoms with Crippen molar-refractivity contribution in [1.82, 2.24) is 19.9 Å². The van der Waals surface area contributed by atoms with Gasteiger partial charge in [-0.1, -0.05) is 48.0 Å². The highest BCUT2D eigenvalue weighted by molar-refractivity contribution is 6.30. The van der Waals surface area contributed by atoms with Crippen LogP contribution in [0.5, 0.6) is 0 Å². The monoisotopic (exact) mass is 500 g/mol. The molecule has 0 aliphatic rings. The SMILES string of the molecule is NC(=NCCCc1cnc[nH]1)N(CCC(c1cccc(Cl)c1)c1ccccn1)C(=O)c1ccccc1. The van der Waals surface area contributed by atoms with E-state index in [1.807, 2.05) is 60.7 Å². The van der Waals surface area contributed by atoms with Crippen molar-refractivity contribution < 1.29 is 4.79 Å². The number of aliphatic imine (C=N–C) groups is 1. The fraction of sp³-hybridized carbons (Fsp3) is 0.214. The van der Waals surface area contributed by atoms with E-state index in [1.165, 1.54) is 0 Å². The van der Waals surface area contributed by atoms with Crippen LogP contribution in [0.4, 0.5) is 0 Å². The molecule has 0 spiro atoms. The first-order chi connectivity index (χ1) is 17.6. The Morgan fingerprint density at radius 3 is 2.64 bits per heavy atom. The van der Waals surface area contributed by atoms with E-state index in [1.54, 1.807) is 35.8 Å². The minimum absolute atomic E-state index is 0.0656. The first-order valence-electron chi connectivity index (χ1n) is 11.9. The second-order valence-electron chi connectivity index (χ2n) is 8.39. The van der Waals surface area contributed by atoms with Crippen LogP contribution in [0, 0.1) is 0 Å². The molecular weight excluding hydrogens is 472 g/mol. The Morgan fingerprint density at radius 2 is 1.92 bits per heavy atom. The maximum atomic E-state index is 13.5. The van der Waals surface area contributed by atoms with E-state index in [-0.39, 0.29) is 17.8 Å². The van der Waals surface area contributed by atoms with Crippen molar-refractivity contribution in [2.45, 2.75) is 25.2 Å². The zero-order valence-electron chi connectivity index (χ0n) is 19.9. The molecule has 0 saturated carbocycles. The van der Waals surface area contributed by atoms with E-state index >= 15 is 0 Å². The molecule has 7 nitrogen and oxygen atoms in total. The molecule has 2 heterocycles. The molecule has 0 aliphatic heterocycles. The second kappa shape index (κ2) is 12.7. The normalized spacial score (nSPS) is 12.3. The Kier molecular flexibility index (Phi) is 8.83. The summed E-state index contributed by atoms with van der Waals surface area (Å²) >= 11 is 6.30. The van der Waals surface area contributed by atoms with Crippen molar-refractivity contribution in [1.29, 1.82) is 0 Å². The van der Waals surface area contributed by atoms with Gasteiger partial charge in [0, 0.05) is 53.4 Å². The van der Waals surface area contributed by atoms with Crippen molar-refractivity contribution in [2.75, 3.05) is 13.1 Å². The number of benzene rings is 2. The third-order valence-electron chi connectivity index (χ3n) is 5.91. The molecule has 8 heteroatoms. The molecule has 0 bridgehead atoms. The number of imidazole rings is 1. The highest BCUT2D eigenvalue weighted by atomic mass is 35.5. The Hall–Kier alpha value is -3.97. The van der Waals surface area contributed by atoms with Crippen LogP contribution in [-0.2, 0) is 6.42 Å². The molecule has 2 aromatic heterocycles. The van der Waals surface area contributed by atoms with Crippen molar-refractivity contribution in [3.05, 3.63) is 119 Å². The fourth-order valence-electron chi connectivity index (χ4n) is 4.08. The van der Waals surface area contributed by atoms with E-state index in [0.717, 1.165) is 29.8 Å². The molecule has 1 atom stereocenters. The molecule has 0 fully saturated rings. The lowest BCUT2D eigenvalue weighted by Crippen LogP contribution is -2.43. The van der Waals surface area contributed by atoms with E-state index in [0.29, 0.717) is 30.1 Å². The number of nitrogens with two attached hydrogens (primary N) is 1. The van der Waals surface area contributed by atoms with Crippen molar-refractivity contribution in [3.63, 3.8) is 0 Å². The maximum Gasteiger partial charge on any atom is 0.260 e. The summed E-state index contributed by atoms with van der Waals surface area (Å²) in [6, 6.07) is 22.7. The number of H-pyrrole nitrogens is 1. The number of carbonyl (C=O) groups is 1. The highest BCUT2D eigenvalue weighted by Gasteiger charge is 2.23. The quantitative estimate of drug-likeness (QED) is 0.180. The minimum Gasteiger partial charge on any atom is -0.369 e. The molecule has 0 aliphatic carbocycles. The molecule has 3 N–H and O–H groups in total. The number of aromatic amines is 1. The van der Waals surface area contributed by atoms with Crippen LogP contribution in [0.2, 0.25) is 5.02 Å². The third kappa shape index (κ3) is 6.79. The van der Waals surface area contributed by atoms with Gasteiger partial charge in [0.15, 0.2) is 5.96 Å². The number of hydrogen-bond donors (Lipinski definition) is 2. The molecule has 0 saturated heterocycles. The fourth-order valence-corrected chi connectivity index (χ4v) is 4.27. The number of amides is 1. The number of hydrogen-bond acceptors (Lipinski definition) is 4. The Balaban J connectivity index is 1.54. The molecular formula is C28H29ClN6O. The maximum absolute atomic E-state index is 13.5.